The van der Waals surface area contributed by atoms with E-state index in [4.69, 9.17) is 4.98 Å². The molecule has 1 aliphatic heterocycles. The molecule has 5 rings (SSSR count). The molecule has 0 unspecified atom stereocenters. The smallest absolute Gasteiger partial charge is 0.255 e. The van der Waals surface area contributed by atoms with Crippen molar-refractivity contribution in [3.63, 3.8) is 0 Å². The van der Waals surface area contributed by atoms with Crippen molar-refractivity contribution in [3.05, 3.63) is 89.1 Å². The summed E-state index contributed by atoms with van der Waals surface area (Å²) >= 11 is 1.54. The standard InChI is InChI=1S/C28H30N6OS/c1-20-3-8-24(17-25(20)31-28-32-26(19-36-28)22-9-11-29-12-10-22)30-27(35)23-6-4-21(5-7-23)18-34-15-13-33(2)14-16-34/h3-12,17,19H,13-16,18H2,1-2H3,(H,30,35)(H,31,32). The van der Waals surface area contributed by atoms with E-state index in [1.165, 1.54) is 5.56 Å². The van der Waals surface area contributed by atoms with Crippen LogP contribution in [-0.2, 0) is 6.54 Å². The van der Waals surface area contributed by atoms with Gasteiger partial charge in [0.05, 0.1) is 5.69 Å². The van der Waals surface area contributed by atoms with E-state index in [0.29, 0.717) is 5.56 Å². The van der Waals surface area contributed by atoms with E-state index >= 15 is 0 Å². The molecule has 2 N–H and O–H groups in total. The van der Waals surface area contributed by atoms with Crippen molar-refractivity contribution in [1.82, 2.24) is 19.8 Å². The Morgan fingerprint density at radius 1 is 1.00 bits per heavy atom. The van der Waals surface area contributed by atoms with Gasteiger partial charge in [-0.1, -0.05) is 18.2 Å². The molecule has 0 radical (unpaired) electrons. The van der Waals surface area contributed by atoms with Gasteiger partial charge in [0.1, 0.15) is 0 Å². The van der Waals surface area contributed by atoms with E-state index in [-0.39, 0.29) is 5.91 Å². The number of rotatable bonds is 7. The van der Waals surface area contributed by atoms with Crippen LogP contribution in [0, 0.1) is 6.92 Å². The fourth-order valence-corrected chi connectivity index (χ4v) is 4.90. The van der Waals surface area contributed by atoms with Crippen molar-refractivity contribution >= 4 is 33.8 Å². The van der Waals surface area contributed by atoms with Crippen molar-refractivity contribution in [1.29, 1.82) is 0 Å². The summed E-state index contributed by atoms with van der Waals surface area (Å²) in [4.78, 5) is 26.5. The van der Waals surface area contributed by atoms with Gasteiger partial charge >= 0.3 is 0 Å². The zero-order valence-corrected chi connectivity index (χ0v) is 21.4. The fraction of sp³-hybridized carbons (Fsp3) is 0.250. The highest BCUT2D eigenvalue weighted by Crippen LogP contribution is 2.29. The number of likely N-dealkylation sites (N-methyl/N-ethyl adjacent to an activating group) is 1. The van der Waals surface area contributed by atoms with Crippen LogP contribution in [-0.4, -0.2) is 58.9 Å². The summed E-state index contributed by atoms with van der Waals surface area (Å²) in [6.45, 7) is 7.31. The van der Waals surface area contributed by atoms with Gasteiger partial charge in [0.15, 0.2) is 5.13 Å². The van der Waals surface area contributed by atoms with Crippen LogP contribution in [0.15, 0.2) is 72.4 Å². The highest BCUT2D eigenvalue weighted by molar-refractivity contribution is 7.14. The second-order valence-electron chi connectivity index (χ2n) is 9.16. The summed E-state index contributed by atoms with van der Waals surface area (Å²) in [5, 5.41) is 9.24. The molecule has 3 heterocycles. The zero-order chi connectivity index (χ0) is 24.9. The molecule has 0 saturated carbocycles. The Labute approximate surface area is 215 Å². The summed E-state index contributed by atoms with van der Waals surface area (Å²) in [6.07, 6.45) is 3.53. The average Bonchev–Trinajstić information content (AvgIpc) is 3.37. The molecule has 0 aliphatic carbocycles. The number of amides is 1. The maximum absolute atomic E-state index is 12.9. The van der Waals surface area contributed by atoms with Crippen LogP contribution >= 0.6 is 11.3 Å². The van der Waals surface area contributed by atoms with Crippen LogP contribution in [0.25, 0.3) is 11.3 Å². The third-order valence-electron chi connectivity index (χ3n) is 6.44. The van der Waals surface area contributed by atoms with Crippen LogP contribution in [0.2, 0.25) is 0 Å². The first kappa shape index (κ1) is 24.1. The van der Waals surface area contributed by atoms with Gasteiger partial charge in [0.2, 0.25) is 0 Å². The zero-order valence-electron chi connectivity index (χ0n) is 20.6. The second kappa shape index (κ2) is 11.0. The number of hydrogen-bond donors (Lipinski definition) is 2. The number of carbonyl (C=O) groups excluding carboxylic acids is 1. The Kier molecular flexibility index (Phi) is 7.36. The lowest BCUT2D eigenvalue weighted by atomic mass is 10.1. The largest absolute Gasteiger partial charge is 0.331 e. The molecule has 4 aromatic rings. The molecule has 1 aliphatic rings. The molecule has 7 nitrogen and oxygen atoms in total. The minimum absolute atomic E-state index is 0.120. The van der Waals surface area contributed by atoms with Gasteiger partial charge < -0.3 is 15.5 Å². The number of hydrogen-bond acceptors (Lipinski definition) is 7. The number of benzene rings is 2. The lowest BCUT2D eigenvalue weighted by Gasteiger charge is -2.32. The quantitative estimate of drug-likeness (QED) is 0.362. The van der Waals surface area contributed by atoms with E-state index < -0.39 is 0 Å². The fourth-order valence-electron chi connectivity index (χ4n) is 4.17. The van der Waals surface area contributed by atoms with Crippen molar-refractivity contribution in [2.45, 2.75) is 13.5 Å². The Balaban J connectivity index is 1.22. The van der Waals surface area contributed by atoms with Crippen LogP contribution in [0.3, 0.4) is 0 Å². The van der Waals surface area contributed by atoms with Gasteiger partial charge in [0.25, 0.3) is 5.91 Å². The van der Waals surface area contributed by atoms with E-state index in [9.17, 15) is 4.79 Å². The number of aromatic nitrogens is 2. The van der Waals surface area contributed by atoms with Gasteiger partial charge in [-0.3, -0.25) is 14.7 Å². The van der Waals surface area contributed by atoms with Crippen LogP contribution in [0.5, 0.6) is 0 Å². The molecule has 8 heteroatoms. The van der Waals surface area contributed by atoms with Crippen molar-refractivity contribution < 1.29 is 4.79 Å². The summed E-state index contributed by atoms with van der Waals surface area (Å²) < 4.78 is 0. The monoisotopic (exact) mass is 498 g/mol. The molecule has 2 aromatic carbocycles. The Morgan fingerprint density at radius 3 is 2.50 bits per heavy atom. The first-order valence-electron chi connectivity index (χ1n) is 12.1. The molecule has 0 atom stereocenters. The highest BCUT2D eigenvalue weighted by Gasteiger charge is 2.14. The third-order valence-corrected chi connectivity index (χ3v) is 7.19. The second-order valence-corrected chi connectivity index (χ2v) is 10.0. The Hall–Kier alpha value is -3.59. The SMILES string of the molecule is Cc1ccc(NC(=O)c2ccc(CN3CCN(C)CC3)cc2)cc1Nc1nc(-c2ccncc2)cs1. The van der Waals surface area contributed by atoms with Crippen LogP contribution in [0.1, 0.15) is 21.5 Å². The Bertz CT molecular complexity index is 1310. The van der Waals surface area contributed by atoms with Crippen molar-refractivity contribution in [2.75, 3.05) is 43.9 Å². The van der Waals surface area contributed by atoms with Gasteiger partial charge in [-0.05, 0) is 61.5 Å². The first-order valence-corrected chi connectivity index (χ1v) is 13.0. The van der Waals surface area contributed by atoms with Crippen LogP contribution < -0.4 is 10.6 Å². The lowest BCUT2D eigenvalue weighted by Crippen LogP contribution is -2.43. The Morgan fingerprint density at radius 2 is 1.75 bits per heavy atom. The number of carbonyl (C=O) groups is 1. The van der Waals surface area contributed by atoms with E-state index in [2.05, 4.69) is 44.6 Å². The van der Waals surface area contributed by atoms with Gasteiger partial charge in [-0.15, -0.1) is 11.3 Å². The molecule has 1 amide bonds. The van der Waals surface area contributed by atoms with E-state index in [1.54, 1.807) is 23.7 Å². The third kappa shape index (κ3) is 5.96. The number of nitrogens with zero attached hydrogens (tertiary/aromatic N) is 4. The normalized spacial score (nSPS) is 14.5. The summed E-state index contributed by atoms with van der Waals surface area (Å²) in [5.74, 6) is -0.120. The maximum atomic E-state index is 12.9. The lowest BCUT2D eigenvalue weighted by molar-refractivity contribution is 0.102. The number of nitrogens with one attached hydrogen (secondary N) is 2. The molecular weight excluding hydrogens is 468 g/mol. The van der Waals surface area contributed by atoms with Crippen LogP contribution in [0.4, 0.5) is 16.5 Å². The van der Waals surface area contributed by atoms with Crippen molar-refractivity contribution in [3.8, 4) is 11.3 Å². The molecule has 2 aromatic heterocycles. The van der Waals surface area contributed by atoms with E-state index in [0.717, 1.165) is 66.1 Å². The number of anilines is 3. The summed E-state index contributed by atoms with van der Waals surface area (Å²) in [5.41, 5.74) is 6.53. The predicted octanol–water partition coefficient (Wildman–Crippen LogP) is 5.26. The molecule has 0 spiro atoms. The highest BCUT2D eigenvalue weighted by atomic mass is 32.1. The number of pyridine rings is 1. The number of thiazole rings is 1. The van der Waals surface area contributed by atoms with E-state index in [1.807, 2.05) is 54.8 Å². The molecule has 0 bridgehead atoms. The van der Waals surface area contributed by atoms with Gasteiger partial charge in [0, 0.05) is 73.0 Å². The summed E-state index contributed by atoms with van der Waals surface area (Å²) in [6, 6.07) is 17.7. The predicted molar refractivity (Wildman–Crippen MR) is 147 cm³/mol. The topological polar surface area (TPSA) is 73.4 Å². The summed E-state index contributed by atoms with van der Waals surface area (Å²) in [7, 11) is 2.16. The van der Waals surface area contributed by atoms with Gasteiger partial charge in [-0.2, -0.15) is 0 Å². The molecular formula is C28H30N6OS. The number of aryl methyl sites for hydroxylation is 1. The molecule has 184 valence electrons. The van der Waals surface area contributed by atoms with Gasteiger partial charge in [-0.25, -0.2) is 4.98 Å². The first-order chi connectivity index (χ1) is 17.5. The number of piperazine rings is 1. The van der Waals surface area contributed by atoms with Crippen molar-refractivity contribution in [2.24, 2.45) is 0 Å². The minimum Gasteiger partial charge on any atom is -0.331 e. The molecule has 36 heavy (non-hydrogen) atoms. The average molecular weight is 499 g/mol. The molecule has 1 saturated heterocycles. The molecule has 1 fully saturated rings. The maximum Gasteiger partial charge on any atom is 0.255 e. The minimum atomic E-state index is -0.120.